The summed E-state index contributed by atoms with van der Waals surface area (Å²) in [7, 11) is 0. The molecule has 0 saturated heterocycles. The molecule has 1 heterocycles. The van der Waals surface area contributed by atoms with Gasteiger partial charge in [0.1, 0.15) is 5.52 Å². The molecule has 88 valence electrons. The zero-order valence-corrected chi connectivity index (χ0v) is 10.7. The van der Waals surface area contributed by atoms with E-state index in [-0.39, 0.29) is 0 Å². The molecule has 0 bridgehead atoms. The molecule has 1 aromatic heterocycles. The quantitative estimate of drug-likeness (QED) is 0.381. The van der Waals surface area contributed by atoms with Crippen LogP contribution >= 0.6 is 11.5 Å². The summed E-state index contributed by atoms with van der Waals surface area (Å²) in [6, 6.07) is 17.3. The first-order valence-corrected chi connectivity index (χ1v) is 6.98. The maximum Gasteiger partial charge on any atom is 0.114 e. The topological polar surface area (TPSA) is 25.8 Å². The van der Waals surface area contributed by atoms with Gasteiger partial charge < -0.3 is 0 Å². The van der Waals surface area contributed by atoms with E-state index in [1.165, 1.54) is 48.5 Å². The summed E-state index contributed by atoms with van der Waals surface area (Å²) in [6.45, 7) is 0. The fourth-order valence-corrected chi connectivity index (χ4v) is 3.80. The number of hydrogen-bond donors (Lipinski definition) is 0. The molecular formula is C16H8N2S. The zero-order chi connectivity index (χ0) is 12.4. The van der Waals surface area contributed by atoms with Gasteiger partial charge in [0.15, 0.2) is 0 Å². The number of benzene rings is 4. The number of aromatic nitrogens is 2. The molecular weight excluding hydrogens is 252 g/mol. The molecule has 5 aromatic rings. The Bertz CT molecular complexity index is 978. The van der Waals surface area contributed by atoms with E-state index >= 15 is 0 Å². The summed E-state index contributed by atoms with van der Waals surface area (Å²) in [5, 5.41) is 12.0. The summed E-state index contributed by atoms with van der Waals surface area (Å²) in [5.74, 6) is 0. The minimum atomic E-state index is 1.03. The predicted octanol–water partition coefficient (Wildman–Crippen LogP) is 4.59. The lowest BCUT2D eigenvalue weighted by atomic mass is 9.94. The molecule has 0 atom stereocenters. The van der Waals surface area contributed by atoms with E-state index in [4.69, 9.17) is 0 Å². The molecule has 0 aliphatic carbocycles. The van der Waals surface area contributed by atoms with Crippen molar-refractivity contribution < 1.29 is 0 Å². The fraction of sp³-hybridized carbons (Fsp3) is 0. The van der Waals surface area contributed by atoms with Crippen LogP contribution in [-0.2, 0) is 0 Å². The van der Waals surface area contributed by atoms with Crippen LogP contribution < -0.4 is 0 Å². The second-order valence-corrected chi connectivity index (χ2v) is 5.58. The van der Waals surface area contributed by atoms with Crippen molar-refractivity contribution >= 4 is 54.1 Å². The maximum absolute atomic E-state index is 4.34. The molecule has 0 aliphatic heterocycles. The van der Waals surface area contributed by atoms with Crippen LogP contribution in [0.2, 0.25) is 0 Å². The van der Waals surface area contributed by atoms with Gasteiger partial charge >= 0.3 is 0 Å². The van der Waals surface area contributed by atoms with Crippen molar-refractivity contribution in [3.63, 3.8) is 0 Å². The molecule has 0 saturated carbocycles. The first-order chi connectivity index (χ1) is 9.43. The third-order valence-electron chi connectivity index (χ3n) is 3.87. The van der Waals surface area contributed by atoms with Crippen LogP contribution in [0.15, 0.2) is 48.5 Å². The van der Waals surface area contributed by atoms with E-state index in [0.29, 0.717) is 0 Å². The smallest absolute Gasteiger partial charge is 0.114 e. The minimum Gasteiger partial charge on any atom is -0.137 e. The molecule has 0 fully saturated rings. The Labute approximate surface area is 112 Å². The Morgan fingerprint density at radius 3 is 2.21 bits per heavy atom. The summed E-state index contributed by atoms with van der Waals surface area (Å²) >= 11 is 1.49. The van der Waals surface area contributed by atoms with Gasteiger partial charge in [-0.25, -0.2) is 0 Å². The molecule has 3 heteroatoms. The molecule has 0 amide bonds. The molecule has 4 aromatic carbocycles. The average molecular weight is 260 g/mol. The van der Waals surface area contributed by atoms with Crippen molar-refractivity contribution in [2.24, 2.45) is 0 Å². The molecule has 0 aliphatic rings. The Balaban J connectivity index is 2.36. The first kappa shape index (κ1) is 9.64. The molecule has 0 unspecified atom stereocenters. The summed E-state index contributed by atoms with van der Waals surface area (Å²) in [5.41, 5.74) is 1.03. The van der Waals surface area contributed by atoms with Gasteiger partial charge in [-0.3, -0.25) is 0 Å². The van der Waals surface area contributed by atoms with Crippen molar-refractivity contribution in [3.8, 4) is 0 Å². The van der Waals surface area contributed by atoms with Crippen molar-refractivity contribution in [1.29, 1.82) is 0 Å². The molecule has 0 radical (unpaired) electrons. The van der Waals surface area contributed by atoms with Crippen LogP contribution in [0, 0.1) is 0 Å². The van der Waals surface area contributed by atoms with Gasteiger partial charge in [-0.2, -0.15) is 0 Å². The van der Waals surface area contributed by atoms with E-state index < -0.39 is 0 Å². The van der Waals surface area contributed by atoms with Crippen LogP contribution in [-0.4, -0.2) is 9.59 Å². The van der Waals surface area contributed by atoms with Gasteiger partial charge in [-0.1, -0.05) is 53.0 Å². The van der Waals surface area contributed by atoms with Gasteiger partial charge in [-0.05, 0) is 33.1 Å². The number of rotatable bonds is 0. The Kier molecular flexibility index (Phi) is 1.62. The van der Waals surface area contributed by atoms with E-state index in [1.807, 2.05) is 0 Å². The second kappa shape index (κ2) is 3.19. The molecule has 2 nitrogen and oxygen atoms in total. The minimum absolute atomic E-state index is 1.03. The number of hydrogen-bond acceptors (Lipinski definition) is 3. The van der Waals surface area contributed by atoms with Crippen LogP contribution in [0.4, 0.5) is 0 Å². The SMILES string of the molecule is c1cc2ccc3cccc4c5snnc5c(c1)c2c34. The van der Waals surface area contributed by atoms with Gasteiger partial charge in [0, 0.05) is 10.8 Å². The van der Waals surface area contributed by atoms with Crippen molar-refractivity contribution in [2.45, 2.75) is 0 Å². The van der Waals surface area contributed by atoms with E-state index in [9.17, 15) is 0 Å². The van der Waals surface area contributed by atoms with Gasteiger partial charge in [-0.15, -0.1) is 5.10 Å². The van der Waals surface area contributed by atoms with Gasteiger partial charge in [0.25, 0.3) is 0 Å². The standard InChI is InChI=1S/C16H8N2S/c1-3-9-7-8-10-4-2-6-12-14(10)13(9)11(5-1)15-16(12)19-18-17-15/h1-8H. The summed E-state index contributed by atoms with van der Waals surface area (Å²) in [6.07, 6.45) is 0. The van der Waals surface area contributed by atoms with E-state index in [0.717, 1.165) is 5.52 Å². The van der Waals surface area contributed by atoms with Gasteiger partial charge in [0.2, 0.25) is 0 Å². The highest BCUT2D eigenvalue weighted by Gasteiger charge is 2.14. The molecule has 0 spiro atoms. The Morgan fingerprint density at radius 2 is 1.42 bits per heavy atom. The van der Waals surface area contributed by atoms with Crippen LogP contribution in [0.25, 0.3) is 42.5 Å². The third-order valence-corrected chi connectivity index (χ3v) is 4.63. The highest BCUT2D eigenvalue weighted by Crippen LogP contribution is 2.40. The number of nitrogens with zero attached hydrogens (tertiary/aromatic N) is 2. The largest absolute Gasteiger partial charge is 0.137 e. The first-order valence-electron chi connectivity index (χ1n) is 6.21. The van der Waals surface area contributed by atoms with E-state index in [2.05, 4.69) is 58.1 Å². The third kappa shape index (κ3) is 1.07. The normalized spacial score (nSPS) is 12.2. The van der Waals surface area contributed by atoms with Gasteiger partial charge in [0.05, 0.1) is 4.70 Å². The van der Waals surface area contributed by atoms with Crippen molar-refractivity contribution in [3.05, 3.63) is 48.5 Å². The lowest BCUT2D eigenvalue weighted by molar-refractivity contribution is 1.20. The zero-order valence-electron chi connectivity index (χ0n) is 9.92. The lowest BCUT2D eigenvalue weighted by Gasteiger charge is -2.10. The van der Waals surface area contributed by atoms with Crippen LogP contribution in [0.1, 0.15) is 0 Å². The van der Waals surface area contributed by atoms with Crippen LogP contribution in [0.3, 0.4) is 0 Å². The van der Waals surface area contributed by atoms with Crippen LogP contribution in [0.5, 0.6) is 0 Å². The molecule has 5 rings (SSSR count). The Hall–Kier alpha value is -2.26. The predicted molar refractivity (Wildman–Crippen MR) is 81.1 cm³/mol. The summed E-state index contributed by atoms with van der Waals surface area (Å²) < 4.78 is 5.34. The monoisotopic (exact) mass is 260 g/mol. The average Bonchev–Trinajstić information content (AvgIpc) is 2.95. The number of fused-ring (bicyclic) bond motifs is 3. The van der Waals surface area contributed by atoms with Crippen molar-refractivity contribution in [2.75, 3.05) is 0 Å². The van der Waals surface area contributed by atoms with E-state index in [1.54, 1.807) is 0 Å². The molecule has 0 N–H and O–H groups in total. The molecule has 19 heavy (non-hydrogen) atoms. The lowest BCUT2D eigenvalue weighted by Crippen LogP contribution is -1.85. The Morgan fingerprint density at radius 1 is 0.737 bits per heavy atom. The maximum atomic E-state index is 4.34. The fourth-order valence-electron chi connectivity index (χ4n) is 3.09. The highest BCUT2D eigenvalue weighted by molar-refractivity contribution is 7.14. The van der Waals surface area contributed by atoms with Crippen molar-refractivity contribution in [1.82, 2.24) is 9.59 Å². The second-order valence-electron chi connectivity index (χ2n) is 4.82. The highest BCUT2D eigenvalue weighted by atomic mass is 32.1. The summed E-state index contributed by atoms with van der Waals surface area (Å²) in [4.78, 5) is 0.